The quantitative estimate of drug-likeness (QED) is 0.822. The first-order valence-corrected chi connectivity index (χ1v) is 7.11. The molecule has 0 bridgehead atoms. The molecule has 2 N–H and O–H groups in total. The van der Waals surface area contributed by atoms with E-state index in [-0.39, 0.29) is 0 Å². The summed E-state index contributed by atoms with van der Waals surface area (Å²) in [6.07, 6.45) is 2.68. The molecular formula is C15H23N5. The van der Waals surface area contributed by atoms with Crippen molar-refractivity contribution in [3.63, 3.8) is 0 Å². The monoisotopic (exact) mass is 273 g/mol. The summed E-state index contributed by atoms with van der Waals surface area (Å²) in [6.45, 7) is 8.05. The maximum Gasteiger partial charge on any atom is 0.146 e. The van der Waals surface area contributed by atoms with E-state index in [0.717, 1.165) is 36.7 Å². The Kier molecular flexibility index (Phi) is 4.61. The molecule has 0 saturated heterocycles. The summed E-state index contributed by atoms with van der Waals surface area (Å²) in [4.78, 5) is 6.65. The molecular weight excluding hydrogens is 250 g/mol. The lowest BCUT2D eigenvalue weighted by Gasteiger charge is -2.25. The predicted molar refractivity (Wildman–Crippen MR) is 82.6 cm³/mol. The molecule has 20 heavy (non-hydrogen) atoms. The zero-order valence-corrected chi connectivity index (χ0v) is 12.5. The van der Waals surface area contributed by atoms with Crippen molar-refractivity contribution in [3.05, 3.63) is 36.4 Å². The van der Waals surface area contributed by atoms with Crippen molar-refractivity contribution in [3.8, 4) is 0 Å². The van der Waals surface area contributed by atoms with Crippen molar-refractivity contribution >= 4 is 11.4 Å². The predicted octanol–water partition coefficient (Wildman–Crippen LogP) is 2.86. The lowest BCUT2D eigenvalue weighted by molar-refractivity contribution is 0.500. The van der Waals surface area contributed by atoms with E-state index in [1.54, 1.807) is 6.33 Å². The normalized spacial score (nSPS) is 11.0. The minimum absolute atomic E-state index is 0.309. The molecule has 1 heterocycles. The van der Waals surface area contributed by atoms with Gasteiger partial charge in [-0.05, 0) is 32.4 Å². The van der Waals surface area contributed by atoms with Crippen LogP contribution in [0.1, 0.15) is 39.1 Å². The molecule has 5 nitrogen and oxygen atoms in total. The summed E-state index contributed by atoms with van der Waals surface area (Å²) in [5.74, 6) is 0.969. The molecule has 0 atom stereocenters. The van der Waals surface area contributed by atoms with Gasteiger partial charge >= 0.3 is 0 Å². The maximum absolute atomic E-state index is 6.09. The fourth-order valence-corrected chi connectivity index (χ4v) is 2.32. The topological polar surface area (TPSA) is 60.0 Å². The van der Waals surface area contributed by atoms with Crippen LogP contribution in [0.25, 0.3) is 0 Å². The van der Waals surface area contributed by atoms with Gasteiger partial charge in [0.15, 0.2) is 0 Å². The molecule has 0 aliphatic rings. The second-order valence-corrected chi connectivity index (χ2v) is 5.19. The van der Waals surface area contributed by atoms with Crippen molar-refractivity contribution in [2.24, 2.45) is 0 Å². The molecule has 0 aliphatic carbocycles. The van der Waals surface area contributed by atoms with E-state index in [4.69, 9.17) is 5.73 Å². The summed E-state index contributed by atoms with van der Waals surface area (Å²) >= 11 is 0. The lowest BCUT2D eigenvalue weighted by Crippen LogP contribution is -2.27. The third kappa shape index (κ3) is 3.10. The number of rotatable bonds is 6. The molecule has 1 aromatic heterocycles. The number of para-hydroxylation sites is 2. The van der Waals surface area contributed by atoms with Gasteiger partial charge in [0.05, 0.1) is 17.9 Å². The van der Waals surface area contributed by atoms with Crippen molar-refractivity contribution in [1.82, 2.24) is 14.8 Å². The van der Waals surface area contributed by atoms with Crippen molar-refractivity contribution in [1.29, 1.82) is 0 Å². The van der Waals surface area contributed by atoms with Gasteiger partial charge in [-0.25, -0.2) is 9.67 Å². The number of benzene rings is 1. The SMILES string of the molecule is CCCN(Cc1ncnn1C(C)C)c1ccccc1N. The van der Waals surface area contributed by atoms with Crippen LogP contribution in [0.4, 0.5) is 11.4 Å². The zero-order valence-electron chi connectivity index (χ0n) is 12.5. The van der Waals surface area contributed by atoms with Crippen molar-refractivity contribution < 1.29 is 0 Å². The number of nitrogen functional groups attached to an aromatic ring is 1. The molecule has 2 aromatic rings. The largest absolute Gasteiger partial charge is 0.397 e. The Balaban J connectivity index is 2.26. The molecule has 0 aliphatic heterocycles. The first kappa shape index (κ1) is 14.4. The van der Waals surface area contributed by atoms with Crippen LogP contribution >= 0.6 is 0 Å². The summed E-state index contributed by atoms with van der Waals surface area (Å²) < 4.78 is 1.96. The van der Waals surface area contributed by atoms with Crippen LogP contribution < -0.4 is 10.6 Å². The zero-order chi connectivity index (χ0) is 14.5. The molecule has 1 aromatic carbocycles. The Bertz CT molecular complexity index is 547. The van der Waals surface area contributed by atoms with Gasteiger partial charge in [0.25, 0.3) is 0 Å². The first-order chi connectivity index (χ1) is 9.63. The standard InChI is InChI=1S/C15H23N5/c1-4-9-19(14-8-6-5-7-13(14)16)10-15-17-11-18-20(15)12(2)3/h5-8,11-12H,4,9-10,16H2,1-3H3. The van der Waals surface area contributed by atoms with Gasteiger partial charge in [-0.1, -0.05) is 19.1 Å². The Morgan fingerprint density at radius 3 is 2.70 bits per heavy atom. The highest BCUT2D eigenvalue weighted by Crippen LogP contribution is 2.24. The summed E-state index contributed by atoms with van der Waals surface area (Å²) in [5.41, 5.74) is 7.96. The van der Waals surface area contributed by atoms with Crippen LogP contribution in [0.2, 0.25) is 0 Å². The number of hydrogen-bond donors (Lipinski definition) is 1. The van der Waals surface area contributed by atoms with E-state index in [1.807, 2.05) is 22.9 Å². The van der Waals surface area contributed by atoms with Crippen LogP contribution in [0.5, 0.6) is 0 Å². The number of nitrogens with two attached hydrogens (primary N) is 1. The number of nitrogens with zero attached hydrogens (tertiary/aromatic N) is 4. The van der Waals surface area contributed by atoms with Crippen molar-refractivity contribution in [2.75, 3.05) is 17.2 Å². The van der Waals surface area contributed by atoms with Crippen LogP contribution in [0.15, 0.2) is 30.6 Å². The second kappa shape index (κ2) is 6.41. The minimum atomic E-state index is 0.309. The van der Waals surface area contributed by atoms with Gasteiger partial charge in [0, 0.05) is 12.6 Å². The Morgan fingerprint density at radius 2 is 2.05 bits per heavy atom. The van der Waals surface area contributed by atoms with Crippen LogP contribution in [-0.2, 0) is 6.54 Å². The van der Waals surface area contributed by atoms with E-state index in [2.05, 4.69) is 41.8 Å². The maximum atomic E-state index is 6.09. The second-order valence-electron chi connectivity index (χ2n) is 5.19. The third-order valence-electron chi connectivity index (χ3n) is 3.24. The van der Waals surface area contributed by atoms with Gasteiger partial charge in [-0.15, -0.1) is 0 Å². The Hall–Kier alpha value is -2.04. The minimum Gasteiger partial charge on any atom is -0.397 e. The average molecular weight is 273 g/mol. The van der Waals surface area contributed by atoms with Crippen LogP contribution in [0, 0.1) is 0 Å². The molecule has 0 amide bonds. The van der Waals surface area contributed by atoms with Crippen molar-refractivity contribution in [2.45, 2.75) is 39.8 Å². The van der Waals surface area contributed by atoms with Crippen LogP contribution in [0.3, 0.4) is 0 Å². The fraction of sp³-hybridized carbons (Fsp3) is 0.467. The van der Waals surface area contributed by atoms with Gasteiger partial charge in [0.2, 0.25) is 0 Å². The average Bonchev–Trinajstić information content (AvgIpc) is 2.87. The Labute approximate surface area is 120 Å². The third-order valence-corrected chi connectivity index (χ3v) is 3.24. The van der Waals surface area contributed by atoms with E-state index in [1.165, 1.54) is 0 Å². The van der Waals surface area contributed by atoms with E-state index < -0.39 is 0 Å². The van der Waals surface area contributed by atoms with E-state index in [9.17, 15) is 0 Å². The van der Waals surface area contributed by atoms with Gasteiger partial charge in [-0.3, -0.25) is 0 Å². The molecule has 0 unspecified atom stereocenters. The fourth-order valence-electron chi connectivity index (χ4n) is 2.32. The first-order valence-electron chi connectivity index (χ1n) is 7.11. The van der Waals surface area contributed by atoms with Gasteiger partial charge < -0.3 is 10.6 Å². The molecule has 0 fully saturated rings. The summed E-state index contributed by atoms with van der Waals surface area (Å²) in [5, 5.41) is 4.29. The number of anilines is 2. The molecule has 108 valence electrons. The van der Waals surface area contributed by atoms with Gasteiger partial charge in [0.1, 0.15) is 12.2 Å². The highest BCUT2D eigenvalue weighted by Gasteiger charge is 2.14. The Morgan fingerprint density at radius 1 is 1.30 bits per heavy atom. The van der Waals surface area contributed by atoms with E-state index in [0.29, 0.717) is 6.04 Å². The molecule has 5 heteroatoms. The molecule has 0 spiro atoms. The number of aromatic nitrogens is 3. The smallest absolute Gasteiger partial charge is 0.146 e. The summed E-state index contributed by atoms with van der Waals surface area (Å²) in [7, 11) is 0. The van der Waals surface area contributed by atoms with E-state index >= 15 is 0 Å². The molecule has 2 rings (SSSR count). The van der Waals surface area contributed by atoms with Gasteiger partial charge in [-0.2, -0.15) is 5.10 Å². The highest BCUT2D eigenvalue weighted by atomic mass is 15.4. The summed E-state index contributed by atoms with van der Waals surface area (Å²) in [6, 6.07) is 8.27. The number of hydrogen-bond acceptors (Lipinski definition) is 4. The molecule has 0 radical (unpaired) electrons. The molecule has 0 saturated carbocycles. The lowest BCUT2D eigenvalue weighted by atomic mass is 10.2. The highest BCUT2D eigenvalue weighted by molar-refractivity contribution is 5.67. The van der Waals surface area contributed by atoms with Crippen LogP contribution in [-0.4, -0.2) is 21.3 Å².